The zero-order chi connectivity index (χ0) is 12.5. The van der Waals surface area contributed by atoms with Crippen molar-refractivity contribution in [3.05, 3.63) is 30.5 Å². The highest BCUT2D eigenvalue weighted by Gasteiger charge is 2.29. The molecule has 90 valence electrons. The molecule has 0 spiro atoms. The van der Waals surface area contributed by atoms with Crippen molar-refractivity contribution in [1.29, 1.82) is 0 Å². The lowest BCUT2D eigenvalue weighted by atomic mass is 10.1. The van der Waals surface area contributed by atoms with Crippen LogP contribution in [0.2, 0.25) is 0 Å². The third-order valence-electron chi connectivity index (χ3n) is 1.99. The van der Waals surface area contributed by atoms with Crippen LogP contribution in [0, 0.1) is 0 Å². The van der Waals surface area contributed by atoms with E-state index >= 15 is 0 Å². The molecule has 0 aliphatic carbocycles. The summed E-state index contributed by atoms with van der Waals surface area (Å²) in [6, 6.07) is 5.89. The Morgan fingerprint density at radius 3 is 2.53 bits per heavy atom. The quantitative estimate of drug-likeness (QED) is 0.834. The molecule has 7 heteroatoms. The number of phenols is 1. The molecule has 0 atom stereocenters. The molecule has 1 aromatic carbocycles. The average Bonchev–Trinajstić information content (AvgIpc) is 2.64. The molecule has 2 rings (SSSR count). The van der Waals surface area contributed by atoms with E-state index in [0.29, 0.717) is 5.56 Å². The van der Waals surface area contributed by atoms with Crippen LogP contribution in [-0.2, 0) is 0 Å². The predicted molar refractivity (Wildman–Crippen MR) is 57.1 cm³/mol. The van der Waals surface area contributed by atoms with Crippen LogP contribution in [0.25, 0.3) is 11.3 Å². The summed E-state index contributed by atoms with van der Waals surface area (Å²) < 4.78 is 29.2. The maximum atomic E-state index is 12.5. The third kappa shape index (κ3) is 2.85. The molecule has 0 radical (unpaired) electrons. The zero-order valence-corrected chi connectivity index (χ0v) is 9.08. The number of halogens is 3. The Balaban J connectivity index is 2.33. The minimum atomic E-state index is -3.80. The van der Waals surface area contributed by atoms with Crippen LogP contribution < -0.4 is 4.74 Å². The lowest BCUT2D eigenvalue weighted by Crippen LogP contribution is -2.15. The summed E-state index contributed by atoms with van der Waals surface area (Å²) in [5, 5.41) is 15.2. The average molecular weight is 261 g/mol. The molecule has 0 unspecified atom stereocenters. The molecule has 2 aromatic rings. The van der Waals surface area contributed by atoms with Gasteiger partial charge in [0.2, 0.25) is 0 Å². The summed E-state index contributed by atoms with van der Waals surface area (Å²) in [4.78, 5) is 0. The number of hydrogen-bond acceptors (Lipinski definition) is 3. The molecule has 0 aliphatic heterocycles. The highest BCUT2D eigenvalue weighted by atomic mass is 35.5. The van der Waals surface area contributed by atoms with E-state index in [2.05, 4.69) is 26.5 Å². The van der Waals surface area contributed by atoms with E-state index in [0.717, 1.165) is 6.20 Å². The summed E-state index contributed by atoms with van der Waals surface area (Å²) in [5.74, 6) is -0.103. The summed E-state index contributed by atoms with van der Waals surface area (Å²) in [6.45, 7) is 0. The molecular weight excluding hydrogens is 254 g/mol. The smallest absolute Gasteiger partial charge is 0.487 e. The number of benzene rings is 1. The Kier molecular flexibility index (Phi) is 2.89. The largest absolute Gasteiger partial charge is 0.508 e. The second-order valence-corrected chi connectivity index (χ2v) is 3.64. The summed E-state index contributed by atoms with van der Waals surface area (Å²) in [7, 11) is 0. The molecule has 0 bridgehead atoms. The van der Waals surface area contributed by atoms with Gasteiger partial charge >= 0.3 is 5.57 Å². The molecule has 4 nitrogen and oxygen atoms in total. The van der Waals surface area contributed by atoms with E-state index in [1.54, 1.807) is 0 Å². The molecule has 0 saturated carbocycles. The van der Waals surface area contributed by atoms with E-state index in [9.17, 15) is 8.78 Å². The van der Waals surface area contributed by atoms with E-state index in [1.165, 1.54) is 24.3 Å². The Hall–Kier alpha value is -1.82. The number of alkyl halides is 3. The molecular formula is C10H7ClF2N2O2. The minimum Gasteiger partial charge on any atom is -0.508 e. The number of hydrogen-bond donors (Lipinski definition) is 2. The molecule has 1 heterocycles. The second-order valence-electron chi connectivity index (χ2n) is 3.20. The fourth-order valence-electron chi connectivity index (χ4n) is 1.31. The number of nitrogens with zero attached hydrogens (tertiary/aromatic N) is 1. The highest BCUT2D eigenvalue weighted by molar-refractivity contribution is 6.20. The van der Waals surface area contributed by atoms with Crippen LogP contribution in [0.4, 0.5) is 8.78 Å². The number of aromatic nitrogens is 2. The number of H-pyrrole nitrogens is 1. The van der Waals surface area contributed by atoms with Gasteiger partial charge < -0.3 is 9.84 Å². The first-order chi connectivity index (χ1) is 7.96. The third-order valence-corrected chi connectivity index (χ3v) is 2.06. The van der Waals surface area contributed by atoms with Crippen molar-refractivity contribution in [3.63, 3.8) is 0 Å². The highest BCUT2D eigenvalue weighted by Crippen LogP contribution is 2.33. The van der Waals surface area contributed by atoms with Gasteiger partial charge in [-0.05, 0) is 24.3 Å². The number of aromatic amines is 1. The van der Waals surface area contributed by atoms with Crippen LogP contribution in [0.1, 0.15) is 0 Å². The number of rotatable bonds is 3. The molecule has 0 amide bonds. The molecule has 2 N–H and O–H groups in total. The van der Waals surface area contributed by atoms with Gasteiger partial charge in [-0.3, -0.25) is 5.10 Å². The van der Waals surface area contributed by atoms with Gasteiger partial charge in [-0.15, -0.1) is 8.78 Å². The van der Waals surface area contributed by atoms with Crippen molar-refractivity contribution in [2.24, 2.45) is 0 Å². The number of aromatic hydroxyl groups is 1. The van der Waals surface area contributed by atoms with E-state index in [-0.39, 0.29) is 17.2 Å². The van der Waals surface area contributed by atoms with E-state index in [4.69, 9.17) is 5.11 Å². The van der Waals surface area contributed by atoms with Gasteiger partial charge in [-0.2, -0.15) is 5.10 Å². The van der Waals surface area contributed by atoms with Gasteiger partial charge in [-0.25, -0.2) is 0 Å². The molecule has 1 aromatic heterocycles. The zero-order valence-electron chi connectivity index (χ0n) is 8.32. The van der Waals surface area contributed by atoms with E-state index < -0.39 is 5.57 Å². The second kappa shape index (κ2) is 4.21. The maximum absolute atomic E-state index is 12.5. The fourth-order valence-corrected chi connectivity index (χ4v) is 1.40. The predicted octanol–water partition coefficient (Wildman–Crippen LogP) is 2.95. The standard InChI is InChI=1S/C10H7ClF2N2O2/c11-10(12,13)17-8-5-14-15-9(8)6-1-3-7(16)4-2-6/h1-5,16H,(H,14,15). The Bertz CT molecular complexity index is 508. The molecule has 0 aliphatic rings. The van der Waals surface area contributed by atoms with Crippen molar-refractivity contribution in [1.82, 2.24) is 10.2 Å². The first-order valence-corrected chi connectivity index (χ1v) is 4.92. The van der Waals surface area contributed by atoms with Crippen LogP contribution >= 0.6 is 11.6 Å². The van der Waals surface area contributed by atoms with Gasteiger partial charge in [-0.1, -0.05) is 0 Å². The molecule has 0 fully saturated rings. The number of phenolic OH excluding ortho intramolecular Hbond substituents is 1. The molecule has 17 heavy (non-hydrogen) atoms. The Morgan fingerprint density at radius 2 is 1.94 bits per heavy atom. The fraction of sp³-hybridized carbons (Fsp3) is 0.100. The summed E-state index contributed by atoms with van der Waals surface area (Å²) >= 11 is 4.67. The van der Waals surface area contributed by atoms with Gasteiger partial charge in [0.25, 0.3) is 0 Å². The first kappa shape index (κ1) is 11.7. The van der Waals surface area contributed by atoms with Crippen LogP contribution in [0.3, 0.4) is 0 Å². The first-order valence-electron chi connectivity index (χ1n) is 4.54. The minimum absolute atomic E-state index is 0.0680. The summed E-state index contributed by atoms with van der Waals surface area (Å²) in [5.41, 5.74) is -3.00. The van der Waals surface area contributed by atoms with Crippen LogP contribution in [-0.4, -0.2) is 20.9 Å². The summed E-state index contributed by atoms with van der Waals surface area (Å²) in [6.07, 6.45) is 1.10. The van der Waals surface area contributed by atoms with Crippen molar-refractivity contribution in [3.8, 4) is 22.8 Å². The van der Waals surface area contributed by atoms with Crippen molar-refractivity contribution >= 4 is 11.6 Å². The Labute approximate surface area is 99.8 Å². The van der Waals surface area contributed by atoms with Crippen LogP contribution in [0.5, 0.6) is 11.5 Å². The van der Waals surface area contributed by atoms with Gasteiger partial charge in [0.05, 0.1) is 6.20 Å². The molecule has 0 saturated heterocycles. The monoisotopic (exact) mass is 260 g/mol. The lowest BCUT2D eigenvalue weighted by Gasteiger charge is -2.10. The van der Waals surface area contributed by atoms with Crippen molar-refractivity contribution < 1.29 is 18.6 Å². The van der Waals surface area contributed by atoms with Crippen LogP contribution in [0.15, 0.2) is 30.5 Å². The number of nitrogens with one attached hydrogen (secondary N) is 1. The maximum Gasteiger partial charge on any atom is 0.487 e. The number of ether oxygens (including phenoxy) is 1. The normalized spacial score (nSPS) is 11.5. The van der Waals surface area contributed by atoms with Crippen molar-refractivity contribution in [2.45, 2.75) is 5.57 Å². The van der Waals surface area contributed by atoms with Gasteiger partial charge in [0, 0.05) is 17.2 Å². The van der Waals surface area contributed by atoms with E-state index in [1.807, 2.05) is 0 Å². The SMILES string of the molecule is Oc1ccc(-c2[nH]ncc2OC(F)(F)Cl)cc1. The van der Waals surface area contributed by atoms with Gasteiger partial charge in [0.15, 0.2) is 5.75 Å². The van der Waals surface area contributed by atoms with Gasteiger partial charge in [0.1, 0.15) is 11.4 Å². The lowest BCUT2D eigenvalue weighted by molar-refractivity contribution is -0.0961. The topological polar surface area (TPSA) is 58.1 Å². The Morgan fingerprint density at radius 1 is 1.29 bits per heavy atom. The van der Waals surface area contributed by atoms with Crippen molar-refractivity contribution in [2.75, 3.05) is 0 Å².